The number of hydrogen-bond acceptors (Lipinski definition) is 3. The standard InChI is InChI=1S/C20H18N2O2S/c1-25-19-14-16(22-20(23)21-15-8-4-2-5-9-15)12-13-18(19)24-17-10-6-3-7-11-17/h2-14H,1H3,(H2,21,22,23). The minimum absolute atomic E-state index is 0.282. The van der Waals surface area contributed by atoms with E-state index in [-0.39, 0.29) is 6.03 Å². The van der Waals surface area contributed by atoms with E-state index in [4.69, 9.17) is 4.74 Å². The summed E-state index contributed by atoms with van der Waals surface area (Å²) in [5, 5.41) is 5.63. The van der Waals surface area contributed by atoms with E-state index in [2.05, 4.69) is 10.6 Å². The monoisotopic (exact) mass is 350 g/mol. The summed E-state index contributed by atoms with van der Waals surface area (Å²) in [6.45, 7) is 0. The molecule has 126 valence electrons. The van der Waals surface area contributed by atoms with Crippen molar-refractivity contribution < 1.29 is 9.53 Å². The zero-order valence-corrected chi connectivity index (χ0v) is 14.5. The van der Waals surface area contributed by atoms with Crippen LogP contribution in [0, 0.1) is 0 Å². The molecule has 3 aromatic carbocycles. The number of hydrogen-bond donors (Lipinski definition) is 2. The molecule has 0 aliphatic heterocycles. The van der Waals surface area contributed by atoms with Gasteiger partial charge in [-0.2, -0.15) is 0 Å². The number of rotatable bonds is 5. The Kier molecular flexibility index (Phi) is 5.59. The molecule has 0 unspecified atom stereocenters. The fraction of sp³-hybridized carbons (Fsp3) is 0.0500. The summed E-state index contributed by atoms with van der Waals surface area (Å²) in [5.74, 6) is 1.54. The van der Waals surface area contributed by atoms with Gasteiger partial charge in [-0.1, -0.05) is 36.4 Å². The van der Waals surface area contributed by atoms with Gasteiger partial charge < -0.3 is 15.4 Å². The first-order valence-electron chi connectivity index (χ1n) is 7.78. The van der Waals surface area contributed by atoms with Gasteiger partial charge in [0.05, 0.1) is 4.90 Å². The lowest BCUT2D eigenvalue weighted by molar-refractivity contribution is 0.262. The van der Waals surface area contributed by atoms with Gasteiger partial charge in [0.1, 0.15) is 11.5 Å². The van der Waals surface area contributed by atoms with E-state index in [9.17, 15) is 4.79 Å². The molecule has 0 saturated carbocycles. The summed E-state index contributed by atoms with van der Waals surface area (Å²) in [6.07, 6.45) is 1.97. The van der Waals surface area contributed by atoms with Gasteiger partial charge >= 0.3 is 6.03 Å². The van der Waals surface area contributed by atoms with E-state index in [1.165, 1.54) is 0 Å². The average molecular weight is 350 g/mol. The Balaban J connectivity index is 1.69. The van der Waals surface area contributed by atoms with Crippen LogP contribution < -0.4 is 15.4 Å². The van der Waals surface area contributed by atoms with Crippen molar-refractivity contribution in [2.75, 3.05) is 16.9 Å². The van der Waals surface area contributed by atoms with Crippen LogP contribution >= 0.6 is 11.8 Å². The molecule has 0 aliphatic rings. The molecule has 25 heavy (non-hydrogen) atoms. The van der Waals surface area contributed by atoms with Crippen LogP contribution in [0.3, 0.4) is 0 Å². The minimum atomic E-state index is -0.282. The lowest BCUT2D eigenvalue weighted by atomic mass is 10.3. The van der Waals surface area contributed by atoms with Gasteiger partial charge in [0, 0.05) is 11.4 Å². The molecule has 0 saturated heterocycles. The largest absolute Gasteiger partial charge is 0.456 e. The Hall–Kier alpha value is -2.92. The molecule has 0 bridgehead atoms. The second kappa shape index (κ2) is 8.26. The Bertz CT molecular complexity index is 839. The number of ether oxygens (including phenoxy) is 1. The van der Waals surface area contributed by atoms with Gasteiger partial charge in [-0.05, 0) is 48.7 Å². The number of benzene rings is 3. The van der Waals surface area contributed by atoms with Crippen molar-refractivity contribution in [3.63, 3.8) is 0 Å². The smallest absolute Gasteiger partial charge is 0.323 e. The molecule has 0 spiro atoms. The van der Waals surface area contributed by atoms with Gasteiger partial charge in [0.25, 0.3) is 0 Å². The predicted octanol–water partition coefficient (Wildman–Crippen LogP) is 5.84. The Morgan fingerprint density at radius 3 is 2.16 bits per heavy atom. The van der Waals surface area contributed by atoms with Crippen molar-refractivity contribution in [3.8, 4) is 11.5 Å². The summed E-state index contributed by atoms with van der Waals surface area (Å²) in [5.41, 5.74) is 1.45. The normalized spacial score (nSPS) is 10.1. The molecule has 2 N–H and O–H groups in total. The van der Waals surface area contributed by atoms with Gasteiger partial charge in [0.2, 0.25) is 0 Å². The maximum Gasteiger partial charge on any atom is 0.323 e. The third-order valence-corrected chi connectivity index (χ3v) is 4.18. The SMILES string of the molecule is CSc1cc(NC(=O)Nc2ccccc2)ccc1Oc1ccccc1. The summed E-state index contributed by atoms with van der Waals surface area (Å²) in [4.78, 5) is 13.0. The van der Waals surface area contributed by atoms with E-state index < -0.39 is 0 Å². The van der Waals surface area contributed by atoms with Crippen LogP contribution in [0.5, 0.6) is 11.5 Å². The molecular formula is C20H18N2O2S. The van der Waals surface area contributed by atoms with E-state index in [1.807, 2.05) is 85.1 Å². The lowest BCUT2D eigenvalue weighted by Gasteiger charge is -2.12. The highest BCUT2D eigenvalue weighted by atomic mass is 32.2. The summed E-state index contributed by atoms with van der Waals surface area (Å²) < 4.78 is 5.91. The number of anilines is 2. The maximum atomic E-state index is 12.1. The molecule has 4 nitrogen and oxygen atoms in total. The van der Waals surface area contributed by atoms with Gasteiger partial charge in [0.15, 0.2) is 0 Å². The first kappa shape index (κ1) is 16.9. The van der Waals surface area contributed by atoms with Crippen LogP contribution in [0.2, 0.25) is 0 Å². The average Bonchev–Trinajstić information content (AvgIpc) is 2.64. The quantitative estimate of drug-likeness (QED) is 0.568. The van der Waals surface area contributed by atoms with Gasteiger partial charge in [-0.15, -0.1) is 11.8 Å². The third-order valence-electron chi connectivity index (χ3n) is 3.42. The molecule has 0 fully saturated rings. The molecule has 0 radical (unpaired) electrons. The van der Waals surface area contributed by atoms with Crippen LogP contribution in [0.25, 0.3) is 0 Å². The number of urea groups is 1. The van der Waals surface area contributed by atoms with Crippen molar-refractivity contribution in [2.45, 2.75) is 4.90 Å². The van der Waals surface area contributed by atoms with E-state index in [1.54, 1.807) is 11.8 Å². The molecule has 0 aliphatic carbocycles. The molecule has 0 atom stereocenters. The van der Waals surface area contributed by atoms with Crippen molar-refractivity contribution in [1.82, 2.24) is 0 Å². The maximum absolute atomic E-state index is 12.1. The van der Waals surface area contributed by atoms with Crippen LogP contribution in [-0.2, 0) is 0 Å². The number of nitrogens with one attached hydrogen (secondary N) is 2. The number of amides is 2. The van der Waals surface area contributed by atoms with E-state index >= 15 is 0 Å². The number of carbonyl (C=O) groups is 1. The number of thioether (sulfide) groups is 1. The fourth-order valence-corrected chi connectivity index (χ4v) is 2.82. The first-order chi connectivity index (χ1) is 12.2. The molecule has 2 amide bonds. The van der Waals surface area contributed by atoms with Crippen LogP contribution in [0.1, 0.15) is 0 Å². The van der Waals surface area contributed by atoms with Crippen molar-refractivity contribution >= 4 is 29.2 Å². The molecule has 0 heterocycles. The lowest BCUT2D eigenvalue weighted by Crippen LogP contribution is -2.19. The highest BCUT2D eigenvalue weighted by molar-refractivity contribution is 7.98. The molecule has 0 aromatic heterocycles. The van der Waals surface area contributed by atoms with Gasteiger partial charge in [-0.3, -0.25) is 0 Å². The van der Waals surface area contributed by atoms with Gasteiger partial charge in [-0.25, -0.2) is 4.79 Å². The Morgan fingerprint density at radius 1 is 0.840 bits per heavy atom. The van der Waals surface area contributed by atoms with Crippen molar-refractivity contribution in [3.05, 3.63) is 78.9 Å². The van der Waals surface area contributed by atoms with E-state index in [0.717, 1.165) is 22.1 Å². The zero-order valence-electron chi connectivity index (χ0n) is 13.7. The molecule has 5 heteroatoms. The zero-order chi connectivity index (χ0) is 17.5. The number of para-hydroxylation sites is 2. The highest BCUT2D eigenvalue weighted by Gasteiger charge is 2.08. The Labute approximate surface area is 151 Å². The molecule has 3 aromatic rings. The summed E-state index contributed by atoms with van der Waals surface area (Å²) >= 11 is 1.56. The second-order valence-electron chi connectivity index (χ2n) is 5.23. The Morgan fingerprint density at radius 2 is 1.48 bits per heavy atom. The van der Waals surface area contributed by atoms with Crippen molar-refractivity contribution in [2.24, 2.45) is 0 Å². The van der Waals surface area contributed by atoms with Crippen molar-refractivity contribution in [1.29, 1.82) is 0 Å². The third kappa shape index (κ3) is 4.78. The fourth-order valence-electron chi connectivity index (χ4n) is 2.26. The summed E-state index contributed by atoms with van der Waals surface area (Å²) in [7, 11) is 0. The minimum Gasteiger partial charge on any atom is -0.456 e. The molecule has 3 rings (SSSR count). The predicted molar refractivity (Wildman–Crippen MR) is 104 cm³/mol. The first-order valence-corrected chi connectivity index (χ1v) is 9.01. The highest BCUT2D eigenvalue weighted by Crippen LogP contribution is 2.33. The topological polar surface area (TPSA) is 50.4 Å². The van der Waals surface area contributed by atoms with E-state index in [0.29, 0.717) is 5.69 Å². The number of carbonyl (C=O) groups excluding carboxylic acids is 1. The summed E-state index contributed by atoms with van der Waals surface area (Å²) in [6, 6.07) is 24.2. The van der Waals surface area contributed by atoms with Crippen LogP contribution in [0.4, 0.5) is 16.2 Å². The van der Waals surface area contributed by atoms with Crippen LogP contribution in [-0.4, -0.2) is 12.3 Å². The second-order valence-corrected chi connectivity index (χ2v) is 6.07. The van der Waals surface area contributed by atoms with Crippen LogP contribution in [0.15, 0.2) is 83.8 Å². The molecular weight excluding hydrogens is 332 g/mol.